The maximum absolute atomic E-state index is 9.73. The van der Waals surface area contributed by atoms with Gasteiger partial charge in [0.25, 0.3) is 0 Å². The fourth-order valence-corrected chi connectivity index (χ4v) is 2.66. The Labute approximate surface area is 104 Å². The van der Waals surface area contributed by atoms with Crippen LogP contribution in [0.25, 0.3) is 0 Å². The predicted molar refractivity (Wildman–Crippen MR) is 71.4 cm³/mol. The summed E-state index contributed by atoms with van der Waals surface area (Å²) in [5.41, 5.74) is 3.46. The van der Waals surface area contributed by atoms with Crippen molar-refractivity contribution >= 4 is 12.6 Å². The van der Waals surface area contributed by atoms with Crippen LogP contribution in [0.4, 0.5) is 0 Å². The molecule has 0 amide bonds. The molecule has 1 aromatic rings. The molecule has 0 saturated carbocycles. The zero-order valence-corrected chi connectivity index (χ0v) is 10.8. The van der Waals surface area contributed by atoms with Crippen molar-refractivity contribution in [1.29, 1.82) is 0 Å². The Bertz CT molecular complexity index is 372. The Kier molecular flexibility index (Phi) is 4.24. The third-order valence-electron chi connectivity index (χ3n) is 3.58. The highest BCUT2D eigenvalue weighted by Gasteiger charge is 2.27. The Morgan fingerprint density at radius 1 is 1.29 bits per heavy atom. The van der Waals surface area contributed by atoms with Crippen LogP contribution in [0, 0.1) is 0 Å². The molecule has 2 rings (SSSR count). The summed E-state index contributed by atoms with van der Waals surface area (Å²) in [6, 6.07) is 6.46. The van der Waals surface area contributed by atoms with Gasteiger partial charge in [-0.1, -0.05) is 44.9 Å². The molecule has 1 heterocycles. The second kappa shape index (κ2) is 5.70. The SMILES string of the molecule is CCCC(CCC)c1ccc2c(c1)B(O)OC2. The van der Waals surface area contributed by atoms with E-state index in [1.807, 2.05) is 0 Å². The van der Waals surface area contributed by atoms with Gasteiger partial charge in [-0.15, -0.1) is 0 Å². The zero-order chi connectivity index (χ0) is 12.3. The quantitative estimate of drug-likeness (QED) is 0.790. The maximum atomic E-state index is 9.73. The van der Waals surface area contributed by atoms with Crippen molar-refractivity contribution in [3.8, 4) is 0 Å². The maximum Gasteiger partial charge on any atom is 0.491 e. The molecule has 0 spiro atoms. The van der Waals surface area contributed by atoms with Crippen LogP contribution < -0.4 is 5.46 Å². The van der Waals surface area contributed by atoms with E-state index in [-0.39, 0.29) is 0 Å². The Morgan fingerprint density at radius 3 is 2.65 bits per heavy atom. The number of hydrogen-bond acceptors (Lipinski definition) is 2. The molecular formula is C14H21BO2. The van der Waals surface area contributed by atoms with E-state index in [1.165, 1.54) is 31.2 Å². The van der Waals surface area contributed by atoms with Crippen LogP contribution >= 0.6 is 0 Å². The number of hydrogen-bond donors (Lipinski definition) is 1. The summed E-state index contributed by atoms with van der Waals surface area (Å²) in [4.78, 5) is 0. The number of fused-ring (bicyclic) bond motifs is 1. The van der Waals surface area contributed by atoms with Gasteiger partial charge in [0, 0.05) is 0 Å². The largest absolute Gasteiger partial charge is 0.491 e. The monoisotopic (exact) mass is 232 g/mol. The molecule has 0 atom stereocenters. The van der Waals surface area contributed by atoms with E-state index in [4.69, 9.17) is 4.65 Å². The second-order valence-electron chi connectivity index (χ2n) is 4.90. The van der Waals surface area contributed by atoms with Gasteiger partial charge in [0.1, 0.15) is 0 Å². The van der Waals surface area contributed by atoms with E-state index in [2.05, 4.69) is 32.0 Å². The predicted octanol–water partition coefficient (Wildman–Crippen LogP) is 2.59. The molecule has 1 aliphatic heterocycles. The van der Waals surface area contributed by atoms with E-state index in [1.54, 1.807) is 0 Å². The van der Waals surface area contributed by atoms with E-state index >= 15 is 0 Å². The minimum Gasteiger partial charge on any atom is -0.423 e. The summed E-state index contributed by atoms with van der Waals surface area (Å²) >= 11 is 0. The van der Waals surface area contributed by atoms with Gasteiger partial charge in [-0.2, -0.15) is 0 Å². The van der Waals surface area contributed by atoms with Gasteiger partial charge < -0.3 is 9.68 Å². The van der Waals surface area contributed by atoms with Gasteiger partial charge in [-0.05, 0) is 35.3 Å². The lowest BCUT2D eigenvalue weighted by atomic mass is 9.77. The Hall–Kier alpha value is -0.795. The third-order valence-corrected chi connectivity index (χ3v) is 3.58. The molecular weight excluding hydrogens is 211 g/mol. The van der Waals surface area contributed by atoms with Gasteiger partial charge in [0.2, 0.25) is 0 Å². The lowest BCUT2D eigenvalue weighted by Gasteiger charge is -2.16. The Balaban J connectivity index is 2.22. The molecule has 0 aliphatic carbocycles. The van der Waals surface area contributed by atoms with Crippen LogP contribution in [0.5, 0.6) is 0 Å². The number of rotatable bonds is 5. The van der Waals surface area contributed by atoms with Crippen LogP contribution in [0.2, 0.25) is 0 Å². The highest BCUT2D eigenvalue weighted by atomic mass is 16.5. The van der Waals surface area contributed by atoms with Crippen LogP contribution in [-0.4, -0.2) is 12.1 Å². The second-order valence-corrected chi connectivity index (χ2v) is 4.90. The van der Waals surface area contributed by atoms with Crippen molar-refractivity contribution < 1.29 is 9.68 Å². The third kappa shape index (κ3) is 2.72. The highest BCUT2D eigenvalue weighted by molar-refractivity contribution is 6.61. The summed E-state index contributed by atoms with van der Waals surface area (Å²) in [5.74, 6) is 0.628. The molecule has 1 aliphatic rings. The topological polar surface area (TPSA) is 29.5 Å². The fourth-order valence-electron chi connectivity index (χ4n) is 2.66. The lowest BCUT2D eigenvalue weighted by molar-refractivity contribution is 0.275. The number of benzene rings is 1. The van der Waals surface area contributed by atoms with Crippen molar-refractivity contribution in [2.75, 3.05) is 0 Å². The van der Waals surface area contributed by atoms with E-state index < -0.39 is 7.12 Å². The minimum atomic E-state index is -0.714. The van der Waals surface area contributed by atoms with E-state index in [0.29, 0.717) is 12.5 Å². The summed E-state index contributed by atoms with van der Waals surface area (Å²) in [7, 11) is -0.714. The molecule has 0 bridgehead atoms. The summed E-state index contributed by atoms with van der Waals surface area (Å²) in [5, 5.41) is 9.73. The van der Waals surface area contributed by atoms with Crippen molar-refractivity contribution in [2.45, 2.75) is 52.1 Å². The smallest absolute Gasteiger partial charge is 0.423 e. The first-order valence-corrected chi connectivity index (χ1v) is 6.68. The molecule has 17 heavy (non-hydrogen) atoms. The molecule has 2 nitrogen and oxygen atoms in total. The van der Waals surface area contributed by atoms with Gasteiger partial charge in [0.05, 0.1) is 6.61 Å². The highest BCUT2D eigenvalue weighted by Crippen LogP contribution is 2.27. The van der Waals surface area contributed by atoms with Gasteiger partial charge in [0.15, 0.2) is 0 Å². The minimum absolute atomic E-state index is 0.545. The van der Waals surface area contributed by atoms with Gasteiger partial charge in [-0.3, -0.25) is 0 Å². The molecule has 0 fully saturated rings. The zero-order valence-electron chi connectivity index (χ0n) is 10.8. The average molecular weight is 232 g/mol. The standard InChI is InChI=1S/C14H21BO2/c1-3-5-11(6-4-2)12-7-8-13-10-17-15(16)14(13)9-12/h7-9,11,16H,3-6,10H2,1-2H3. The fraction of sp³-hybridized carbons (Fsp3) is 0.571. The molecule has 0 saturated heterocycles. The van der Waals surface area contributed by atoms with Gasteiger partial charge in [-0.25, -0.2) is 0 Å². The van der Waals surface area contributed by atoms with Crippen LogP contribution in [0.15, 0.2) is 18.2 Å². The lowest BCUT2D eigenvalue weighted by Crippen LogP contribution is -2.28. The molecule has 0 unspecified atom stereocenters. The summed E-state index contributed by atoms with van der Waals surface area (Å²) in [6.45, 7) is 5.00. The Morgan fingerprint density at radius 2 is 2.00 bits per heavy atom. The molecule has 3 heteroatoms. The van der Waals surface area contributed by atoms with Crippen molar-refractivity contribution in [2.24, 2.45) is 0 Å². The first-order chi connectivity index (χ1) is 8.26. The molecule has 1 N–H and O–H groups in total. The first-order valence-electron chi connectivity index (χ1n) is 6.68. The van der Waals surface area contributed by atoms with E-state index in [9.17, 15) is 5.02 Å². The summed E-state index contributed by atoms with van der Waals surface area (Å²) < 4.78 is 5.23. The molecule has 1 aromatic carbocycles. The molecule has 92 valence electrons. The first kappa shape index (κ1) is 12.7. The summed E-state index contributed by atoms with van der Waals surface area (Å²) in [6.07, 6.45) is 4.87. The van der Waals surface area contributed by atoms with Crippen molar-refractivity contribution in [1.82, 2.24) is 0 Å². The van der Waals surface area contributed by atoms with Crippen LogP contribution in [0.1, 0.15) is 56.6 Å². The normalized spacial score (nSPS) is 14.5. The van der Waals surface area contributed by atoms with E-state index in [0.717, 1.165) is 11.0 Å². The van der Waals surface area contributed by atoms with Crippen LogP contribution in [-0.2, 0) is 11.3 Å². The average Bonchev–Trinajstić information content (AvgIpc) is 2.71. The van der Waals surface area contributed by atoms with Crippen molar-refractivity contribution in [3.63, 3.8) is 0 Å². The molecule has 0 aromatic heterocycles. The van der Waals surface area contributed by atoms with Gasteiger partial charge >= 0.3 is 7.12 Å². The van der Waals surface area contributed by atoms with Crippen LogP contribution in [0.3, 0.4) is 0 Å². The molecule has 0 radical (unpaired) electrons. The van der Waals surface area contributed by atoms with Crippen molar-refractivity contribution in [3.05, 3.63) is 29.3 Å².